The van der Waals surface area contributed by atoms with Crippen molar-refractivity contribution >= 4 is 40.6 Å². The zero-order valence-corrected chi connectivity index (χ0v) is 20.3. The molecule has 33 heavy (non-hydrogen) atoms. The van der Waals surface area contributed by atoms with Gasteiger partial charge in [0, 0.05) is 23.7 Å². The molecule has 0 fully saturated rings. The van der Waals surface area contributed by atoms with Gasteiger partial charge < -0.3 is 15.1 Å². The van der Waals surface area contributed by atoms with Gasteiger partial charge in [-0.1, -0.05) is 48.9 Å². The fourth-order valence-electron chi connectivity index (χ4n) is 3.34. The molecule has 8 heteroatoms. The Morgan fingerprint density at radius 1 is 1.06 bits per heavy atom. The second kappa shape index (κ2) is 11.8. The topological polar surface area (TPSA) is 52.7 Å². The lowest BCUT2D eigenvalue weighted by atomic mass is 10.2. The van der Waals surface area contributed by atoms with Crippen LogP contribution in [0.5, 0.6) is 0 Å². The minimum Gasteiger partial charge on any atom is -0.332 e. The molecule has 0 saturated heterocycles. The molecule has 3 rings (SSSR count). The minimum atomic E-state index is -0.560. The highest BCUT2D eigenvalue weighted by molar-refractivity contribution is 7.10. The Morgan fingerprint density at radius 2 is 1.82 bits per heavy atom. The molecule has 3 aromatic rings. The van der Waals surface area contributed by atoms with Crippen LogP contribution in [0.2, 0.25) is 5.02 Å². The van der Waals surface area contributed by atoms with E-state index in [4.69, 9.17) is 11.6 Å². The van der Waals surface area contributed by atoms with Crippen LogP contribution in [-0.2, 0) is 17.9 Å². The molecule has 1 aromatic heterocycles. The molecule has 0 saturated carbocycles. The van der Waals surface area contributed by atoms with Gasteiger partial charge >= 0.3 is 6.03 Å². The number of nitrogens with one attached hydrogen (secondary N) is 1. The van der Waals surface area contributed by atoms with Crippen LogP contribution in [0.4, 0.5) is 14.9 Å². The van der Waals surface area contributed by atoms with Crippen molar-refractivity contribution in [2.45, 2.75) is 33.4 Å². The van der Waals surface area contributed by atoms with E-state index in [-0.39, 0.29) is 17.5 Å². The van der Waals surface area contributed by atoms with E-state index in [1.54, 1.807) is 16.2 Å². The molecular weight excluding hydrogens is 461 g/mol. The lowest BCUT2D eigenvalue weighted by Gasteiger charge is -2.28. The molecule has 1 heterocycles. The average molecular weight is 488 g/mol. The Labute approximate surface area is 202 Å². The van der Waals surface area contributed by atoms with Crippen LogP contribution >= 0.6 is 22.9 Å². The molecule has 0 radical (unpaired) electrons. The second-order valence-electron chi connectivity index (χ2n) is 7.74. The van der Waals surface area contributed by atoms with Crippen LogP contribution in [-0.4, -0.2) is 34.8 Å². The Bertz CT molecular complexity index is 1090. The van der Waals surface area contributed by atoms with E-state index >= 15 is 0 Å². The molecule has 1 N–H and O–H groups in total. The maximum Gasteiger partial charge on any atom is 0.322 e. The first-order chi connectivity index (χ1) is 15.9. The number of hydrogen-bond acceptors (Lipinski definition) is 3. The highest BCUT2D eigenvalue weighted by Gasteiger charge is 2.22. The SMILES string of the molecule is CCCN(CC(=O)N(Cc1ccccc1)Cc1sccc1C)C(=O)Nc1ccc(F)c(Cl)c1. The van der Waals surface area contributed by atoms with Crippen molar-refractivity contribution < 1.29 is 14.0 Å². The summed E-state index contributed by atoms with van der Waals surface area (Å²) in [5.41, 5.74) is 2.53. The van der Waals surface area contributed by atoms with Crippen molar-refractivity contribution in [3.05, 3.63) is 86.8 Å². The maximum atomic E-state index is 13.4. The van der Waals surface area contributed by atoms with E-state index in [9.17, 15) is 14.0 Å². The summed E-state index contributed by atoms with van der Waals surface area (Å²) in [6.45, 7) is 5.24. The summed E-state index contributed by atoms with van der Waals surface area (Å²) in [5, 5.41) is 4.65. The number of carbonyl (C=O) groups excluding carboxylic acids is 2. The Balaban J connectivity index is 1.75. The minimum absolute atomic E-state index is 0.0636. The normalized spacial score (nSPS) is 10.7. The van der Waals surface area contributed by atoms with E-state index in [1.165, 1.54) is 23.1 Å². The van der Waals surface area contributed by atoms with Gasteiger partial charge in [-0.2, -0.15) is 0 Å². The third-order valence-electron chi connectivity index (χ3n) is 5.15. The van der Waals surface area contributed by atoms with E-state index in [0.29, 0.717) is 31.7 Å². The maximum absolute atomic E-state index is 13.4. The number of hydrogen-bond donors (Lipinski definition) is 1. The molecule has 0 aliphatic heterocycles. The largest absolute Gasteiger partial charge is 0.332 e. The number of rotatable bonds is 9. The van der Waals surface area contributed by atoms with Crippen molar-refractivity contribution in [2.75, 3.05) is 18.4 Å². The average Bonchev–Trinajstić information content (AvgIpc) is 3.20. The quantitative estimate of drug-likeness (QED) is 0.384. The number of thiophene rings is 1. The zero-order valence-electron chi connectivity index (χ0n) is 18.7. The highest BCUT2D eigenvalue weighted by Crippen LogP contribution is 2.21. The number of halogens is 2. The summed E-state index contributed by atoms with van der Waals surface area (Å²) in [7, 11) is 0. The van der Waals surface area contributed by atoms with Gasteiger partial charge in [-0.05, 0) is 54.1 Å². The van der Waals surface area contributed by atoms with Crippen LogP contribution < -0.4 is 5.32 Å². The van der Waals surface area contributed by atoms with E-state index in [1.807, 2.05) is 55.6 Å². The third-order valence-corrected chi connectivity index (χ3v) is 6.45. The standard InChI is InChI=1S/C25H27ClFN3O2S/c1-3-12-29(25(32)28-20-9-10-22(27)21(26)14-20)17-24(31)30(15-19-7-5-4-6-8-19)16-23-18(2)11-13-33-23/h4-11,13-14H,3,12,15-17H2,1-2H3,(H,28,32). The van der Waals surface area contributed by atoms with Gasteiger partial charge in [0.25, 0.3) is 0 Å². The summed E-state index contributed by atoms with van der Waals surface area (Å²) in [5.74, 6) is -0.705. The Hall–Kier alpha value is -2.90. The second-order valence-corrected chi connectivity index (χ2v) is 9.15. The van der Waals surface area contributed by atoms with Crippen LogP contribution in [0, 0.1) is 12.7 Å². The van der Waals surface area contributed by atoms with Crippen LogP contribution in [0.1, 0.15) is 29.3 Å². The number of anilines is 1. The zero-order chi connectivity index (χ0) is 23.8. The number of carbonyl (C=O) groups is 2. The van der Waals surface area contributed by atoms with Crippen molar-refractivity contribution in [2.24, 2.45) is 0 Å². The number of amides is 3. The van der Waals surface area contributed by atoms with E-state index < -0.39 is 11.8 Å². The van der Waals surface area contributed by atoms with E-state index in [2.05, 4.69) is 5.32 Å². The van der Waals surface area contributed by atoms with Crippen LogP contribution in [0.25, 0.3) is 0 Å². The predicted octanol–water partition coefficient (Wildman–Crippen LogP) is 6.32. The van der Waals surface area contributed by atoms with Gasteiger partial charge in [0.05, 0.1) is 11.6 Å². The molecule has 0 spiro atoms. The summed E-state index contributed by atoms with van der Waals surface area (Å²) in [6, 6.07) is 15.4. The fraction of sp³-hybridized carbons (Fsp3) is 0.280. The smallest absolute Gasteiger partial charge is 0.322 e. The van der Waals surface area contributed by atoms with Gasteiger partial charge in [0.1, 0.15) is 12.4 Å². The van der Waals surface area contributed by atoms with Gasteiger partial charge in [0.15, 0.2) is 0 Å². The molecule has 0 atom stereocenters. The van der Waals surface area contributed by atoms with E-state index in [0.717, 1.165) is 16.0 Å². The molecule has 0 unspecified atom stereocenters. The molecular formula is C25H27ClFN3O2S. The number of nitrogens with zero attached hydrogens (tertiary/aromatic N) is 2. The summed E-state index contributed by atoms with van der Waals surface area (Å²) >= 11 is 7.44. The molecule has 0 aliphatic rings. The summed E-state index contributed by atoms with van der Waals surface area (Å²) < 4.78 is 13.4. The molecule has 174 valence electrons. The Morgan fingerprint density at radius 3 is 2.45 bits per heavy atom. The highest BCUT2D eigenvalue weighted by atomic mass is 35.5. The molecule has 0 bridgehead atoms. The van der Waals surface area contributed by atoms with Gasteiger partial charge in [-0.25, -0.2) is 9.18 Å². The van der Waals surface area contributed by atoms with Gasteiger partial charge in [-0.3, -0.25) is 4.79 Å². The van der Waals surface area contributed by atoms with Crippen molar-refractivity contribution in [3.8, 4) is 0 Å². The number of benzene rings is 2. The molecule has 0 aliphatic carbocycles. The monoisotopic (exact) mass is 487 g/mol. The Kier molecular flexibility index (Phi) is 8.86. The van der Waals surface area contributed by atoms with Crippen LogP contribution in [0.15, 0.2) is 60.0 Å². The lowest BCUT2D eigenvalue weighted by molar-refractivity contribution is -0.133. The first kappa shape index (κ1) is 24.7. The predicted molar refractivity (Wildman–Crippen MR) is 132 cm³/mol. The fourth-order valence-corrected chi connectivity index (χ4v) is 4.44. The molecule has 3 amide bonds. The molecule has 2 aromatic carbocycles. The summed E-state index contributed by atoms with van der Waals surface area (Å²) in [4.78, 5) is 30.6. The first-order valence-electron chi connectivity index (χ1n) is 10.7. The molecule has 5 nitrogen and oxygen atoms in total. The van der Waals surface area contributed by atoms with Crippen molar-refractivity contribution in [1.82, 2.24) is 9.80 Å². The van der Waals surface area contributed by atoms with Crippen molar-refractivity contribution in [1.29, 1.82) is 0 Å². The van der Waals surface area contributed by atoms with Crippen LogP contribution in [0.3, 0.4) is 0 Å². The van der Waals surface area contributed by atoms with Gasteiger partial charge in [-0.15, -0.1) is 11.3 Å². The van der Waals surface area contributed by atoms with Gasteiger partial charge in [0.2, 0.25) is 5.91 Å². The number of urea groups is 1. The number of aryl methyl sites for hydroxylation is 1. The van der Waals surface area contributed by atoms with Crippen molar-refractivity contribution in [3.63, 3.8) is 0 Å². The lowest BCUT2D eigenvalue weighted by Crippen LogP contribution is -2.44. The third kappa shape index (κ3) is 7.04. The first-order valence-corrected chi connectivity index (χ1v) is 12.0. The summed E-state index contributed by atoms with van der Waals surface area (Å²) in [6.07, 6.45) is 0.688.